The average Bonchev–Trinajstić information content (AvgIpc) is 3.33. The van der Waals surface area contributed by atoms with Gasteiger partial charge in [-0.05, 0) is 82.9 Å². The Balaban J connectivity index is 1.55. The first-order valence-corrected chi connectivity index (χ1v) is 13.3. The summed E-state index contributed by atoms with van der Waals surface area (Å²) < 4.78 is 20.5. The van der Waals surface area contributed by atoms with Crippen molar-refractivity contribution in [3.8, 4) is 11.5 Å². The van der Waals surface area contributed by atoms with Gasteiger partial charge in [0.25, 0.3) is 5.91 Å². The number of H-pyrrole nitrogens is 1. The fourth-order valence-corrected chi connectivity index (χ4v) is 5.28. The minimum absolute atomic E-state index is 0.0198. The molecule has 1 fully saturated rings. The van der Waals surface area contributed by atoms with Crippen LogP contribution >= 0.6 is 11.6 Å². The van der Waals surface area contributed by atoms with Crippen LogP contribution in [0.1, 0.15) is 66.8 Å². The molecule has 3 aromatic rings. The number of carbonyl (C=O) groups excluding carboxylic acids is 2. The van der Waals surface area contributed by atoms with Crippen molar-refractivity contribution in [2.45, 2.75) is 71.2 Å². The molecule has 212 valence electrons. The Labute approximate surface area is 236 Å². The second-order valence-electron chi connectivity index (χ2n) is 10.7. The molecule has 9 nitrogen and oxygen atoms in total. The molecule has 3 atom stereocenters. The van der Waals surface area contributed by atoms with Crippen LogP contribution in [0.2, 0.25) is 5.02 Å². The first-order chi connectivity index (χ1) is 18.8. The molecule has 0 unspecified atom stereocenters. The van der Waals surface area contributed by atoms with Gasteiger partial charge in [-0.1, -0.05) is 23.7 Å². The van der Waals surface area contributed by atoms with E-state index in [9.17, 15) is 19.5 Å². The Kier molecular flexibility index (Phi) is 8.32. The number of hydrogen-bond donors (Lipinski definition) is 3. The van der Waals surface area contributed by atoms with Crippen molar-refractivity contribution in [3.63, 3.8) is 0 Å². The number of amides is 2. The maximum Gasteiger partial charge on any atom is 0.307 e. The molecule has 11 heteroatoms. The van der Waals surface area contributed by atoms with Crippen LogP contribution in [0.4, 0.5) is 4.39 Å². The van der Waals surface area contributed by atoms with E-state index >= 15 is 4.39 Å². The van der Waals surface area contributed by atoms with Gasteiger partial charge < -0.3 is 20.1 Å². The molecular formula is C29H32ClFN4O5. The molecule has 0 radical (unpaired) electrons. The summed E-state index contributed by atoms with van der Waals surface area (Å²) in [5, 5.41) is 20.1. The van der Waals surface area contributed by atoms with Crippen molar-refractivity contribution in [2.24, 2.45) is 0 Å². The second-order valence-corrected chi connectivity index (χ2v) is 11.1. The first-order valence-electron chi connectivity index (χ1n) is 12.9. The number of aromatic amines is 1. The van der Waals surface area contributed by atoms with Gasteiger partial charge in [-0.2, -0.15) is 5.10 Å². The molecule has 1 saturated heterocycles. The van der Waals surface area contributed by atoms with Crippen molar-refractivity contribution in [2.75, 3.05) is 0 Å². The highest BCUT2D eigenvalue weighted by Crippen LogP contribution is 2.41. The van der Waals surface area contributed by atoms with Gasteiger partial charge in [-0.25, -0.2) is 9.49 Å². The number of likely N-dealkylation sites (tertiary alicyclic amines) is 1. The van der Waals surface area contributed by atoms with E-state index in [0.717, 1.165) is 11.6 Å². The quantitative estimate of drug-likeness (QED) is 0.381. The Bertz CT molecular complexity index is 1480. The molecule has 1 aliphatic heterocycles. The van der Waals surface area contributed by atoms with E-state index < -0.39 is 35.0 Å². The van der Waals surface area contributed by atoms with Gasteiger partial charge in [0.1, 0.15) is 6.04 Å². The van der Waals surface area contributed by atoms with Gasteiger partial charge in [-0.3, -0.25) is 14.4 Å². The maximum atomic E-state index is 15.0. The number of nitrogens with one attached hydrogen (secondary N) is 2. The smallest absolute Gasteiger partial charge is 0.307 e. The Morgan fingerprint density at radius 2 is 1.95 bits per heavy atom. The van der Waals surface area contributed by atoms with E-state index in [1.165, 1.54) is 12.1 Å². The number of aromatic nitrogens is 2. The number of benzene rings is 2. The van der Waals surface area contributed by atoms with E-state index in [4.69, 9.17) is 16.3 Å². The topological polar surface area (TPSA) is 125 Å². The fraction of sp³-hybridized carbons (Fsp3) is 0.379. The number of aliphatic hydroxyl groups is 1. The van der Waals surface area contributed by atoms with Crippen molar-refractivity contribution in [1.82, 2.24) is 20.4 Å². The third-order valence-electron chi connectivity index (χ3n) is 7.01. The lowest BCUT2D eigenvalue weighted by Gasteiger charge is -2.38. The monoisotopic (exact) mass is 570 g/mol. The number of aryl methyl sites for hydroxylation is 2. The second kappa shape index (κ2) is 11.4. The zero-order valence-electron chi connectivity index (χ0n) is 22.9. The van der Waals surface area contributed by atoms with Crippen molar-refractivity contribution < 1.29 is 23.8 Å². The van der Waals surface area contributed by atoms with E-state index in [0.29, 0.717) is 23.6 Å². The number of hydrogen-bond acceptors (Lipinski definition) is 6. The summed E-state index contributed by atoms with van der Waals surface area (Å²) in [6, 6.07) is 9.20. The van der Waals surface area contributed by atoms with Crippen LogP contribution in [0.3, 0.4) is 0 Å². The highest BCUT2D eigenvalue weighted by atomic mass is 35.5. The van der Waals surface area contributed by atoms with Gasteiger partial charge >= 0.3 is 5.56 Å². The van der Waals surface area contributed by atoms with Gasteiger partial charge in [0.05, 0.1) is 23.4 Å². The molecule has 40 heavy (non-hydrogen) atoms. The fourth-order valence-electron chi connectivity index (χ4n) is 5.08. The summed E-state index contributed by atoms with van der Waals surface area (Å²) >= 11 is 6.20. The SMILES string of the molecule is Cc1cc(Oc2c(C)cc(C(=O)N[C@H](C)C(=O)N3[C@H](c4cccc(Cl)c4)CC[C@@H]3C(C)(C)O)cc2F)c(=O)[nH]n1. The summed E-state index contributed by atoms with van der Waals surface area (Å²) in [6.45, 7) is 8.04. The van der Waals surface area contributed by atoms with Gasteiger partial charge in [0, 0.05) is 16.7 Å². The molecule has 0 saturated carbocycles. The molecule has 0 aliphatic carbocycles. The molecule has 2 amide bonds. The standard InChI is InChI=1S/C29H32ClFN4O5/c1-15-11-19(14-21(31)25(15)40-23-12-16(2)33-34-27(23)37)26(36)32-17(3)28(38)35-22(9-10-24(35)29(4,5)39)18-7-6-8-20(30)13-18/h6-8,11-14,17,22,24,39H,9-10H2,1-5H3,(H,32,36)(H,34,37)/t17-,22+,24-/m1/s1. The third-order valence-corrected chi connectivity index (χ3v) is 7.24. The van der Waals surface area contributed by atoms with Crippen LogP contribution in [-0.2, 0) is 4.79 Å². The van der Waals surface area contributed by atoms with Crippen molar-refractivity contribution in [3.05, 3.63) is 86.0 Å². The Morgan fingerprint density at radius 3 is 2.60 bits per heavy atom. The zero-order chi connectivity index (χ0) is 29.4. The van der Waals surface area contributed by atoms with Crippen LogP contribution in [0.25, 0.3) is 0 Å². The summed E-state index contributed by atoms with van der Waals surface area (Å²) in [7, 11) is 0. The highest BCUT2D eigenvalue weighted by molar-refractivity contribution is 6.30. The van der Waals surface area contributed by atoms with Gasteiger partial charge in [-0.15, -0.1) is 0 Å². The number of nitrogens with zero attached hydrogens (tertiary/aromatic N) is 2. The largest absolute Gasteiger partial charge is 0.448 e. The van der Waals surface area contributed by atoms with Crippen LogP contribution in [0.5, 0.6) is 11.5 Å². The summed E-state index contributed by atoms with van der Waals surface area (Å²) in [5.41, 5.74) is -0.236. The Hall–Kier alpha value is -3.76. The first kappa shape index (κ1) is 29.2. The molecule has 4 rings (SSSR count). The van der Waals surface area contributed by atoms with E-state index in [1.807, 2.05) is 6.07 Å². The molecular weight excluding hydrogens is 539 g/mol. The Morgan fingerprint density at radius 1 is 1.23 bits per heavy atom. The van der Waals surface area contributed by atoms with Crippen LogP contribution in [-0.4, -0.2) is 49.7 Å². The number of ether oxygens (including phenoxy) is 1. The number of carbonyl (C=O) groups is 2. The molecule has 0 spiro atoms. The predicted octanol–water partition coefficient (Wildman–Crippen LogP) is 4.59. The lowest BCUT2D eigenvalue weighted by Crippen LogP contribution is -2.54. The van der Waals surface area contributed by atoms with Crippen molar-refractivity contribution in [1.29, 1.82) is 0 Å². The van der Waals surface area contributed by atoms with Crippen LogP contribution < -0.4 is 15.6 Å². The van der Waals surface area contributed by atoms with E-state index in [1.54, 1.807) is 57.7 Å². The highest BCUT2D eigenvalue weighted by Gasteiger charge is 2.45. The summed E-state index contributed by atoms with van der Waals surface area (Å²) in [6.07, 6.45) is 1.19. The third kappa shape index (κ3) is 6.18. The van der Waals surface area contributed by atoms with E-state index in [2.05, 4.69) is 15.5 Å². The molecule has 2 aromatic carbocycles. The minimum atomic E-state index is -1.18. The van der Waals surface area contributed by atoms with E-state index in [-0.39, 0.29) is 34.6 Å². The molecule has 2 heterocycles. The predicted molar refractivity (Wildman–Crippen MR) is 148 cm³/mol. The lowest BCUT2D eigenvalue weighted by atomic mass is 9.96. The lowest BCUT2D eigenvalue weighted by molar-refractivity contribution is -0.141. The summed E-state index contributed by atoms with van der Waals surface area (Å²) in [5.74, 6) is -2.23. The minimum Gasteiger partial charge on any atom is -0.448 e. The van der Waals surface area contributed by atoms with Gasteiger partial charge in [0.2, 0.25) is 5.91 Å². The maximum absolute atomic E-state index is 15.0. The molecule has 1 aromatic heterocycles. The van der Waals surface area contributed by atoms with Crippen molar-refractivity contribution >= 4 is 23.4 Å². The van der Waals surface area contributed by atoms with Gasteiger partial charge in [0.15, 0.2) is 17.3 Å². The summed E-state index contributed by atoms with van der Waals surface area (Å²) in [4.78, 5) is 40.4. The van der Waals surface area contributed by atoms with Crippen LogP contribution in [0.15, 0.2) is 47.3 Å². The van der Waals surface area contributed by atoms with Crippen LogP contribution in [0, 0.1) is 19.7 Å². The number of halogens is 2. The molecule has 1 aliphatic rings. The molecule has 3 N–H and O–H groups in total. The molecule has 0 bridgehead atoms. The number of rotatable bonds is 7. The zero-order valence-corrected chi connectivity index (χ0v) is 23.7. The average molecular weight is 571 g/mol. The normalized spacial score (nSPS) is 17.9.